The third-order valence-corrected chi connectivity index (χ3v) is 8.38. The number of carbonyl (C=O) groups is 2. The van der Waals surface area contributed by atoms with Crippen molar-refractivity contribution in [2.45, 2.75) is 17.8 Å². The van der Waals surface area contributed by atoms with Crippen molar-refractivity contribution in [3.63, 3.8) is 0 Å². The monoisotopic (exact) mass is 534 g/mol. The molecule has 0 aromatic heterocycles. The van der Waals surface area contributed by atoms with Crippen LogP contribution < -0.4 is 18.9 Å². The number of carbonyl (C=O) groups excluding carboxylic acids is 2. The highest BCUT2D eigenvalue weighted by atomic mass is 16.5. The van der Waals surface area contributed by atoms with E-state index in [-0.39, 0.29) is 5.78 Å². The molecular formula is C33H26O7. The number of fused-ring (bicyclic) bond motifs is 6. The normalized spacial score (nSPS) is 23.0. The van der Waals surface area contributed by atoms with Gasteiger partial charge in [0, 0.05) is 27.8 Å². The lowest BCUT2D eigenvalue weighted by atomic mass is 9.77. The second-order valence-electron chi connectivity index (χ2n) is 10.5. The lowest BCUT2D eigenvalue weighted by Gasteiger charge is -2.22. The Morgan fingerprint density at radius 1 is 0.725 bits per heavy atom. The first-order valence-electron chi connectivity index (χ1n) is 13.1. The van der Waals surface area contributed by atoms with Gasteiger partial charge in [0.05, 0.1) is 16.4 Å². The Hall–Kier alpha value is -4.78. The van der Waals surface area contributed by atoms with Gasteiger partial charge in [-0.25, -0.2) is 4.79 Å². The topological polar surface area (TPSA) is 80.3 Å². The van der Waals surface area contributed by atoms with Crippen LogP contribution in [0.5, 0.6) is 23.0 Å². The molecule has 4 aliphatic heterocycles. The third-order valence-electron chi connectivity index (χ3n) is 8.38. The fourth-order valence-corrected chi connectivity index (χ4v) is 6.22. The summed E-state index contributed by atoms with van der Waals surface area (Å²) in [6, 6.07) is 16.1. The lowest BCUT2D eigenvalue weighted by Crippen LogP contribution is -2.31. The molecule has 2 atom stereocenters. The van der Waals surface area contributed by atoms with E-state index in [1.54, 1.807) is 42.5 Å². The van der Waals surface area contributed by atoms with E-state index in [0.717, 1.165) is 28.0 Å². The smallest absolute Gasteiger partial charge is 0.343 e. The number of ketones is 1. The van der Waals surface area contributed by atoms with Crippen LogP contribution in [0.4, 0.5) is 0 Å². The molecule has 0 amide bonds. The van der Waals surface area contributed by atoms with Crippen molar-refractivity contribution < 1.29 is 33.3 Å². The second kappa shape index (κ2) is 8.61. The van der Waals surface area contributed by atoms with Gasteiger partial charge in [0.15, 0.2) is 5.78 Å². The van der Waals surface area contributed by atoms with Crippen LogP contribution in [0.15, 0.2) is 91.2 Å². The van der Waals surface area contributed by atoms with Crippen molar-refractivity contribution >= 4 is 11.8 Å². The highest BCUT2D eigenvalue weighted by Crippen LogP contribution is 2.52. The summed E-state index contributed by atoms with van der Waals surface area (Å²) in [7, 11) is 0. The van der Waals surface area contributed by atoms with E-state index in [1.165, 1.54) is 6.92 Å². The minimum Gasteiger partial charge on any atom is -0.492 e. The van der Waals surface area contributed by atoms with Crippen LogP contribution in [0, 0.1) is 0 Å². The zero-order chi connectivity index (χ0) is 27.6. The van der Waals surface area contributed by atoms with Gasteiger partial charge in [0.2, 0.25) is 0 Å². The third kappa shape index (κ3) is 3.30. The summed E-state index contributed by atoms with van der Waals surface area (Å²) in [6.45, 7) is 10.9. The van der Waals surface area contributed by atoms with E-state index in [9.17, 15) is 9.59 Å². The molecule has 0 N–H and O–H groups in total. The van der Waals surface area contributed by atoms with E-state index in [4.69, 9.17) is 23.7 Å². The Balaban J connectivity index is 1.21. The largest absolute Gasteiger partial charge is 0.492 e. The van der Waals surface area contributed by atoms with Crippen LogP contribution in [0.2, 0.25) is 0 Å². The highest BCUT2D eigenvalue weighted by molar-refractivity contribution is 5.95. The number of benzene rings is 3. The molecule has 3 aromatic rings. The van der Waals surface area contributed by atoms with Gasteiger partial charge in [0.1, 0.15) is 55.2 Å². The molecule has 200 valence electrons. The number of esters is 1. The minimum atomic E-state index is -0.609. The summed E-state index contributed by atoms with van der Waals surface area (Å²) >= 11 is 0. The number of hydrogen-bond acceptors (Lipinski definition) is 7. The van der Waals surface area contributed by atoms with Crippen LogP contribution in [-0.4, -0.2) is 38.2 Å². The second-order valence-corrected chi connectivity index (χ2v) is 10.5. The van der Waals surface area contributed by atoms with Gasteiger partial charge in [-0.3, -0.25) is 4.79 Å². The molecule has 0 aliphatic carbocycles. The summed E-state index contributed by atoms with van der Waals surface area (Å²) in [5.41, 5.74) is 3.36. The molecule has 0 bridgehead atoms. The van der Waals surface area contributed by atoms with Crippen molar-refractivity contribution in [1.82, 2.24) is 0 Å². The summed E-state index contributed by atoms with van der Waals surface area (Å²) < 4.78 is 29.8. The van der Waals surface area contributed by atoms with Crippen molar-refractivity contribution in [3.05, 3.63) is 119 Å². The molecule has 4 aliphatic rings. The standard InChI is InChI=1S/C33H26O7/c1-4-23-27(5-2)36-15-32(23)16-37-30-11-8-22(14-26(30)32)40-31(35)21-7-10-29-25(13-21)33(18-39-29)17-38-28-9-6-20(19(3)34)12-24(28)33/h4-14H,1-2,15-18H2,3H3. The Morgan fingerprint density at radius 2 is 1.27 bits per heavy atom. The molecule has 7 heteroatoms. The average molecular weight is 535 g/mol. The fourth-order valence-electron chi connectivity index (χ4n) is 6.22. The molecule has 2 unspecified atom stereocenters. The Bertz CT molecular complexity index is 1680. The molecule has 7 nitrogen and oxygen atoms in total. The number of hydrogen-bond donors (Lipinski definition) is 0. The quantitative estimate of drug-likeness (QED) is 0.244. The number of allylic oxidation sites excluding steroid dienone is 2. The maximum absolute atomic E-state index is 13.4. The molecule has 0 fully saturated rings. The first-order valence-corrected chi connectivity index (χ1v) is 13.1. The van der Waals surface area contributed by atoms with Gasteiger partial charge in [-0.2, -0.15) is 0 Å². The zero-order valence-electron chi connectivity index (χ0n) is 22.0. The zero-order valence-corrected chi connectivity index (χ0v) is 22.0. The number of ether oxygens (including phenoxy) is 5. The molecule has 0 saturated heterocycles. The van der Waals surface area contributed by atoms with Crippen LogP contribution >= 0.6 is 0 Å². The van der Waals surface area contributed by atoms with Gasteiger partial charge in [0.25, 0.3) is 0 Å². The SMILES string of the molecule is C=CC1=C(C=C)C2(CO1)COc1ccc(OC(=O)c3ccc4c(c3)C3(COc5ccc(C(C)=O)cc53)CO4)cc12. The van der Waals surface area contributed by atoms with Gasteiger partial charge in [-0.15, -0.1) is 0 Å². The van der Waals surface area contributed by atoms with Gasteiger partial charge >= 0.3 is 5.97 Å². The minimum absolute atomic E-state index is 0.0246. The molecule has 2 spiro atoms. The summed E-state index contributed by atoms with van der Waals surface area (Å²) in [5.74, 6) is 2.67. The lowest BCUT2D eigenvalue weighted by molar-refractivity contribution is 0.0734. The van der Waals surface area contributed by atoms with Crippen LogP contribution in [0.3, 0.4) is 0 Å². The number of Topliss-reactive ketones (excluding diaryl/α,β-unsaturated/α-hetero) is 1. The predicted molar refractivity (Wildman–Crippen MR) is 147 cm³/mol. The Labute approximate surface area is 231 Å². The van der Waals surface area contributed by atoms with E-state index in [0.29, 0.717) is 60.6 Å². The van der Waals surface area contributed by atoms with E-state index < -0.39 is 16.8 Å². The average Bonchev–Trinajstić information content (AvgIpc) is 3.73. The molecule has 7 rings (SSSR count). The van der Waals surface area contributed by atoms with Gasteiger partial charge in [-0.1, -0.05) is 19.2 Å². The molecular weight excluding hydrogens is 508 g/mol. The Morgan fingerprint density at radius 3 is 1.90 bits per heavy atom. The molecule has 0 radical (unpaired) electrons. The Kier molecular flexibility index (Phi) is 5.23. The van der Waals surface area contributed by atoms with Crippen molar-refractivity contribution in [2.24, 2.45) is 0 Å². The summed E-state index contributed by atoms with van der Waals surface area (Å²) in [4.78, 5) is 25.5. The van der Waals surface area contributed by atoms with Gasteiger partial charge < -0.3 is 23.7 Å². The molecule has 3 aromatic carbocycles. The summed E-state index contributed by atoms with van der Waals surface area (Å²) in [5, 5.41) is 0. The fraction of sp³-hybridized carbons (Fsp3) is 0.212. The maximum atomic E-state index is 13.4. The van der Waals surface area contributed by atoms with Crippen LogP contribution in [0.1, 0.15) is 44.3 Å². The van der Waals surface area contributed by atoms with Crippen LogP contribution in [0.25, 0.3) is 0 Å². The molecule has 0 saturated carbocycles. The van der Waals surface area contributed by atoms with Crippen molar-refractivity contribution in [2.75, 3.05) is 26.4 Å². The highest BCUT2D eigenvalue weighted by Gasteiger charge is 2.50. The maximum Gasteiger partial charge on any atom is 0.343 e. The van der Waals surface area contributed by atoms with Crippen molar-refractivity contribution in [1.29, 1.82) is 0 Å². The number of rotatable bonds is 5. The first kappa shape index (κ1) is 24.3. The predicted octanol–water partition coefficient (Wildman–Crippen LogP) is 5.47. The van der Waals surface area contributed by atoms with E-state index >= 15 is 0 Å². The molecule has 40 heavy (non-hydrogen) atoms. The van der Waals surface area contributed by atoms with E-state index in [1.807, 2.05) is 24.3 Å². The van der Waals surface area contributed by atoms with E-state index in [2.05, 4.69) is 13.2 Å². The van der Waals surface area contributed by atoms with Crippen molar-refractivity contribution in [3.8, 4) is 23.0 Å². The van der Waals surface area contributed by atoms with Gasteiger partial charge in [-0.05, 0) is 67.6 Å². The molecule has 4 heterocycles. The van der Waals surface area contributed by atoms with Crippen LogP contribution in [-0.2, 0) is 15.6 Å². The first-order chi connectivity index (χ1) is 19.4. The summed E-state index contributed by atoms with van der Waals surface area (Å²) in [6.07, 6.45) is 3.44.